The molecule has 1 aromatic rings. The molecule has 0 amide bonds. The molecule has 0 aliphatic heterocycles. The average molecular weight is 235 g/mol. The van der Waals surface area contributed by atoms with E-state index >= 15 is 0 Å². The molecule has 1 nitrogen and oxygen atoms in total. The third-order valence-electron chi connectivity index (χ3n) is 2.70. The number of terminal acetylenes is 1. The summed E-state index contributed by atoms with van der Waals surface area (Å²) in [6.45, 7) is 5.47. The van der Waals surface area contributed by atoms with E-state index < -0.39 is 0 Å². The van der Waals surface area contributed by atoms with E-state index in [0.717, 1.165) is 25.8 Å². The standard InChI is InChI=1S/C14H21NS/c1-4-7-8-13(15-10-5-2)14-12(6-3)9-11-16-14/h1,9,11,13,15H,5-8,10H2,2-3H3. The molecule has 0 aliphatic rings. The lowest BCUT2D eigenvalue weighted by atomic mass is 10.0. The van der Waals surface area contributed by atoms with Crippen molar-refractivity contribution in [1.82, 2.24) is 5.32 Å². The summed E-state index contributed by atoms with van der Waals surface area (Å²) in [5, 5.41) is 5.78. The lowest BCUT2D eigenvalue weighted by molar-refractivity contribution is 0.510. The molecule has 0 aromatic carbocycles. The fourth-order valence-corrected chi connectivity index (χ4v) is 2.93. The van der Waals surface area contributed by atoms with Crippen LogP contribution in [-0.2, 0) is 6.42 Å². The second kappa shape index (κ2) is 7.49. The lowest BCUT2D eigenvalue weighted by Gasteiger charge is -2.17. The summed E-state index contributed by atoms with van der Waals surface area (Å²) in [6.07, 6.45) is 9.53. The Hall–Kier alpha value is -0.780. The van der Waals surface area contributed by atoms with E-state index in [1.807, 2.05) is 11.3 Å². The number of thiophene rings is 1. The van der Waals surface area contributed by atoms with E-state index in [-0.39, 0.29) is 0 Å². The molecule has 1 heterocycles. The first kappa shape index (κ1) is 13.3. The van der Waals surface area contributed by atoms with Gasteiger partial charge in [0.1, 0.15) is 0 Å². The van der Waals surface area contributed by atoms with Crippen LogP contribution in [0, 0.1) is 12.3 Å². The maximum Gasteiger partial charge on any atom is 0.0426 e. The van der Waals surface area contributed by atoms with Gasteiger partial charge in [-0.05, 0) is 42.8 Å². The maximum absolute atomic E-state index is 5.36. The first-order valence-corrected chi connectivity index (χ1v) is 6.94. The fraction of sp³-hybridized carbons (Fsp3) is 0.571. The Labute approximate surface area is 103 Å². The minimum Gasteiger partial charge on any atom is -0.309 e. The van der Waals surface area contributed by atoms with Crippen molar-refractivity contribution in [2.75, 3.05) is 6.54 Å². The Balaban J connectivity index is 2.70. The van der Waals surface area contributed by atoms with Gasteiger partial charge in [0, 0.05) is 17.3 Å². The minimum atomic E-state index is 0.450. The van der Waals surface area contributed by atoms with Crippen LogP contribution in [0.3, 0.4) is 0 Å². The van der Waals surface area contributed by atoms with E-state index in [1.165, 1.54) is 16.9 Å². The van der Waals surface area contributed by atoms with Crippen LogP contribution >= 0.6 is 11.3 Å². The average Bonchev–Trinajstić information content (AvgIpc) is 2.77. The number of hydrogen-bond donors (Lipinski definition) is 1. The zero-order valence-electron chi connectivity index (χ0n) is 10.3. The molecule has 0 spiro atoms. The van der Waals surface area contributed by atoms with E-state index in [1.54, 1.807) is 0 Å². The molecular weight excluding hydrogens is 214 g/mol. The molecule has 1 N–H and O–H groups in total. The normalized spacial score (nSPS) is 12.3. The van der Waals surface area contributed by atoms with E-state index in [0.29, 0.717) is 6.04 Å². The van der Waals surface area contributed by atoms with Gasteiger partial charge in [0.2, 0.25) is 0 Å². The summed E-state index contributed by atoms with van der Waals surface area (Å²) < 4.78 is 0. The number of aryl methyl sites for hydroxylation is 1. The summed E-state index contributed by atoms with van der Waals surface area (Å²) in [6, 6.07) is 2.68. The van der Waals surface area contributed by atoms with Crippen LogP contribution in [-0.4, -0.2) is 6.54 Å². The van der Waals surface area contributed by atoms with Gasteiger partial charge in [-0.15, -0.1) is 23.7 Å². The zero-order chi connectivity index (χ0) is 11.8. The van der Waals surface area contributed by atoms with Crippen molar-refractivity contribution in [2.24, 2.45) is 0 Å². The van der Waals surface area contributed by atoms with Crippen molar-refractivity contribution >= 4 is 11.3 Å². The highest BCUT2D eigenvalue weighted by atomic mass is 32.1. The molecule has 0 fully saturated rings. The molecule has 1 rings (SSSR count). The Kier molecular flexibility index (Phi) is 6.22. The number of rotatable bonds is 7. The van der Waals surface area contributed by atoms with Crippen molar-refractivity contribution < 1.29 is 0 Å². The highest BCUT2D eigenvalue weighted by Gasteiger charge is 2.14. The van der Waals surface area contributed by atoms with Gasteiger partial charge < -0.3 is 5.32 Å². The quantitative estimate of drug-likeness (QED) is 0.709. The lowest BCUT2D eigenvalue weighted by Crippen LogP contribution is -2.22. The minimum absolute atomic E-state index is 0.450. The Morgan fingerprint density at radius 3 is 2.94 bits per heavy atom. The molecule has 2 heteroatoms. The Bertz CT molecular complexity index is 335. The first-order valence-electron chi connectivity index (χ1n) is 6.06. The van der Waals surface area contributed by atoms with Crippen molar-refractivity contribution in [3.05, 3.63) is 21.9 Å². The number of nitrogens with one attached hydrogen (secondary N) is 1. The Morgan fingerprint density at radius 1 is 1.50 bits per heavy atom. The summed E-state index contributed by atoms with van der Waals surface area (Å²) in [5.74, 6) is 2.74. The number of hydrogen-bond acceptors (Lipinski definition) is 2. The van der Waals surface area contributed by atoms with Gasteiger partial charge in [-0.1, -0.05) is 13.8 Å². The Morgan fingerprint density at radius 2 is 2.31 bits per heavy atom. The van der Waals surface area contributed by atoms with Gasteiger partial charge in [-0.25, -0.2) is 0 Å². The molecular formula is C14H21NS. The van der Waals surface area contributed by atoms with Crippen molar-refractivity contribution in [2.45, 2.75) is 45.6 Å². The molecule has 0 radical (unpaired) electrons. The van der Waals surface area contributed by atoms with E-state index in [2.05, 4.69) is 36.5 Å². The van der Waals surface area contributed by atoms with Gasteiger partial charge in [0.05, 0.1) is 0 Å². The van der Waals surface area contributed by atoms with Crippen LogP contribution in [0.1, 0.15) is 49.6 Å². The summed E-state index contributed by atoms with van der Waals surface area (Å²) in [5.41, 5.74) is 1.47. The second-order valence-corrected chi connectivity index (χ2v) is 4.86. The molecule has 16 heavy (non-hydrogen) atoms. The molecule has 1 aromatic heterocycles. The summed E-state index contributed by atoms with van der Waals surface area (Å²) >= 11 is 1.85. The van der Waals surface area contributed by atoms with Crippen LogP contribution in [0.2, 0.25) is 0 Å². The van der Waals surface area contributed by atoms with Gasteiger partial charge in [0.25, 0.3) is 0 Å². The zero-order valence-corrected chi connectivity index (χ0v) is 11.1. The second-order valence-electron chi connectivity index (χ2n) is 3.91. The highest BCUT2D eigenvalue weighted by molar-refractivity contribution is 7.10. The molecule has 0 bridgehead atoms. The van der Waals surface area contributed by atoms with Crippen LogP contribution in [0.5, 0.6) is 0 Å². The van der Waals surface area contributed by atoms with Crippen molar-refractivity contribution in [3.8, 4) is 12.3 Å². The highest BCUT2D eigenvalue weighted by Crippen LogP contribution is 2.28. The van der Waals surface area contributed by atoms with Gasteiger partial charge in [-0.2, -0.15) is 0 Å². The summed E-state index contributed by atoms with van der Waals surface area (Å²) in [7, 11) is 0. The molecule has 0 saturated heterocycles. The van der Waals surface area contributed by atoms with Crippen molar-refractivity contribution in [1.29, 1.82) is 0 Å². The van der Waals surface area contributed by atoms with E-state index in [9.17, 15) is 0 Å². The van der Waals surface area contributed by atoms with Gasteiger partial charge >= 0.3 is 0 Å². The molecule has 1 unspecified atom stereocenters. The van der Waals surface area contributed by atoms with Crippen LogP contribution in [0.15, 0.2) is 11.4 Å². The smallest absolute Gasteiger partial charge is 0.0426 e. The van der Waals surface area contributed by atoms with E-state index in [4.69, 9.17) is 6.42 Å². The first-order chi connectivity index (χ1) is 7.83. The molecule has 1 atom stereocenters. The summed E-state index contributed by atoms with van der Waals surface area (Å²) in [4.78, 5) is 1.48. The van der Waals surface area contributed by atoms with Crippen molar-refractivity contribution in [3.63, 3.8) is 0 Å². The predicted octanol–water partition coefficient (Wildman–Crippen LogP) is 3.76. The molecule has 88 valence electrons. The molecule has 0 aliphatic carbocycles. The van der Waals surface area contributed by atoms with Crippen LogP contribution < -0.4 is 5.32 Å². The fourth-order valence-electron chi connectivity index (χ4n) is 1.82. The largest absolute Gasteiger partial charge is 0.309 e. The third-order valence-corrected chi connectivity index (χ3v) is 3.77. The van der Waals surface area contributed by atoms with Gasteiger partial charge in [-0.3, -0.25) is 0 Å². The van der Waals surface area contributed by atoms with Crippen LogP contribution in [0.4, 0.5) is 0 Å². The maximum atomic E-state index is 5.36. The SMILES string of the molecule is C#CCCC(NCCC)c1sccc1CC. The topological polar surface area (TPSA) is 12.0 Å². The molecule has 0 saturated carbocycles. The monoisotopic (exact) mass is 235 g/mol. The predicted molar refractivity (Wildman–Crippen MR) is 72.8 cm³/mol. The van der Waals surface area contributed by atoms with Crippen LogP contribution in [0.25, 0.3) is 0 Å². The third kappa shape index (κ3) is 3.66. The van der Waals surface area contributed by atoms with Gasteiger partial charge in [0.15, 0.2) is 0 Å².